The Morgan fingerprint density at radius 3 is 2.30 bits per heavy atom. The van der Waals surface area contributed by atoms with Crippen molar-refractivity contribution in [1.29, 1.82) is 0 Å². The van der Waals surface area contributed by atoms with E-state index in [-0.39, 0.29) is 11.3 Å². The van der Waals surface area contributed by atoms with Crippen LogP contribution in [0.25, 0.3) is 0 Å². The maximum Gasteiger partial charge on any atom is 0.237 e. The SMILES string of the molecule is CC1(CN)CCN(CC(=O)N(CCc2ccccc2)Cc2ccccc2)C1. The van der Waals surface area contributed by atoms with E-state index in [0.717, 1.165) is 32.5 Å². The van der Waals surface area contributed by atoms with Gasteiger partial charge in [-0.2, -0.15) is 0 Å². The Morgan fingerprint density at radius 2 is 1.70 bits per heavy atom. The van der Waals surface area contributed by atoms with Crippen LogP contribution in [0, 0.1) is 5.41 Å². The second-order valence-corrected chi connectivity index (χ2v) is 8.01. The fraction of sp³-hybridized carbons (Fsp3) is 0.435. The van der Waals surface area contributed by atoms with Gasteiger partial charge in [-0.1, -0.05) is 67.6 Å². The topological polar surface area (TPSA) is 49.6 Å². The van der Waals surface area contributed by atoms with Crippen molar-refractivity contribution in [3.8, 4) is 0 Å². The number of carbonyl (C=O) groups is 1. The highest BCUT2D eigenvalue weighted by molar-refractivity contribution is 5.78. The normalized spacial score (nSPS) is 19.9. The molecule has 1 unspecified atom stereocenters. The highest BCUT2D eigenvalue weighted by Crippen LogP contribution is 2.28. The fourth-order valence-electron chi connectivity index (χ4n) is 3.72. The molecule has 144 valence electrons. The van der Waals surface area contributed by atoms with Gasteiger partial charge in [-0.25, -0.2) is 0 Å². The lowest BCUT2D eigenvalue weighted by molar-refractivity contribution is -0.132. The Morgan fingerprint density at radius 1 is 1.07 bits per heavy atom. The maximum absolute atomic E-state index is 13.1. The third kappa shape index (κ3) is 5.65. The number of nitrogens with zero attached hydrogens (tertiary/aromatic N) is 2. The van der Waals surface area contributed by atoms with Gasteiger partial charge in [0.25, 0.3) is 0 Å². The quantitative estimate of drug-likeness (QED) is 0.782. The van der Waals surface area contributed by atoms with Gasteiger partial charge in [-0.15, -0.1) is 0 Å². The monoisotopic (exact) mass is 365 g/mol. The molecule has 2 N–H and O–H groups in total. The van der Waals surface area contributed by atoms with Gasteiger partial charge in [-0.05, 0) is 42.5 Å². The molecule has 4 heteroatoms. The first-order valence-electron chi connectivity index (χ1n) is 9.86. The second-order valence-electron chi connectivity index (χ2n) is 8.01. The summed E-state index contributed by atoms with van der Waals surface area (Å²) in [7, 11) is 0. The zero-order valence-corrected chi connectivity index (χ0v) is 16.3. The number of benzene rings is 2. The van der Waals surface area contributed by atoms with Crippen LogP contribution in [0.15, 0.2) is 60.7 Å². The van der Waals surface area contributed by atoms with Crippen molar-refractivity contribution in [3.05, 3.63) is 71.8 Å². The van der Waals surface area contributed by atoms with E-state index >= 15 is 0 Å². The maximum atomic E-state index is 13.1. The van der Waals surface area contributed by atoms with Crippen molar-refractivity contribution in [2.24, 2.45) is 11.1 Å². The van der Waals surface area contributed by atoms with E-state index in [4.69, 9.17) is 5.73 Å². The minimum Gasteiger partial charge on any atom is -0.337 e. The van der Waals surface area contributed by atoms with Crippen molar-refractivity contribution in [2.45, 2.75) is 26.3 Å². The number of rotatable bonds is 8. The minimum absolute atomic E-state index is 0.147. The zero-order valence-electron chi connectivity index (χ0n) is 16.3. The van der Waals surface area contributed by atoms with E-state index in [1.54, 1.807) is 0 Å². The Hall–Kier alpha value is -2.17. The van der Waals surface area contributed by atoms with Crippen molar-refractivity contribution in [1.82, 2.24) is 9.80 Å². The molecule has 4 nitrogen and oxygen atoms in total. The van der Waals surface area contributed by atoms with Crippen LogP contribution in [0.1, 0.15) is 24.5 Å². The minimum atomic E-state index is 0.147. The van der Waals surface area contributed by atoms with Crippen molar-refractivity contribution in [3.63, 3.8) is 0 Å². The van der Waals surface area contributed by atoms with Crippen molar-refractivity contribution in [2.75, 3.05) is 32.7 Å². The van der Waals surface area contributed by atoms with Gasteiger partial charge in [-0.3, -0.25) is 9.69 Å². The molecular formula is C23H31N3O. The molecule has 1 saturated heterocycles. The largest absolute Gasteiger partial charge is 0.337 e. The van der Waals surface area contributed by atoms with Crippen LogP contribution in [0.4, 0.5) is 0 Å². The van der Waals surface area contributed by atoms with Gasteiger partial charge < -0.3 is 10.6 Å². The van der Waals surface area contributed by atoms with E-state index in [0.29, 0.717) is 19.6 Å². The number of hydrogen-bond donors (Lipinski definition) is 1. The molecular weight excluding hydrogens is 334 g/mol. The van der Waals surface area contributed by atoms with Gasteiger partial charge in [0.1, 0.15) is 0 Å². The number of amides is 1. The molecule has 1 aliphatic rings. The van der Waals surface area contributed by atoms with Crippen LogP contribution in [0.5, 0.6) is 0 Å². The summed E-state index contributed by atoms with van der Waals surface area (Å²) in [4.78, 5) is 17.3. The smallest absolute Gasteiger partial charge is 0.237 e. The lowest BCUT2D eigenvalue weighted by Gasteiger charge is -2.27. The fourth-order valence-corrected chi connectivity index (χ4v) is 3.72. The molecule has 1 atom stereocenters. The van der Waals surface area contributed by atoms with Crippen LogP contribution < -0.4 is 5.73 Å². The molecule has 2 aromatic rings. The first-order valence-corrected chi connectivity index (χ1v) is 9.86. The van der Waals surface area contributed by atoms with Crippen LogP contribution in [-0.4, -0.2) is 48.4 Å². The second kappa shape index (κ2) is 9.16. The van der Waals surface area contributed by atoms with Crippen LogP contribution in [0.3, 0.4) is 0 Å². The summed E-state index contributed by atoms with van der Waals surface area (Å²) in [5, 5.41) is 0. The predicted octanol–water partition coefficient (Wildman–Crippen LogP) is 2.93. The summed E-state index contributed by atoms with van der Waals surface area (Å²) < 4.78 is 0. The summed E-state index contributed by atoms with van der Waals surface area (Å²) in [6, 6.07) is 20.6. The lowest BCUT2D eigenvalue weighted by atomic mass is 9.90. The number of nitrogens with two attached hydrogens (primary N) is 1. The van der Waals surface area contributed by atoms with E-state index in [9.17, 15) is 4.79 Å². The van der Waals surface area contributed by atoms with Crippen LogP contribution in [0.2, 0.25) is 0 Å². The van der Waals surface area contributed by atoms with Gasteiger partial charge in [0.05, 0.1) is 6.54 Å². The summed E-state index contributed by atoms with van der Waals surface area (Å²) in [5.41, 5.74) is 8.50. The highest BCUT2D eigenvalue weighted by atomic mass is 16.2. The molecule has 1 fully saturated rings. The average molecular weight is 366 g/mol. The molecule has 0 saturated carbocycles. The Balaban J connectivity index is 1.64. The number of hydrogen-bond acceptors (Lipinski definition) is 3. The first-order chi connectivity index (χ1) is 13.1. The van der Waals surface area contributed by atoms with Gasteiger partial charge in [0.2, 0.25) is 5.91 Å². The van der Waals surface area contributed by atoms with Gasteiger partial charge in [0.15, 0.2) is 0 Å². The molecule has 3 rings (SSSR count). The highest BCUT2D eigenvalue weighted by Gasteiger charge is 2.33. The average Bonchev–Trinajstić information content (AvgIpc) is 3.08. The van der Waals surface area contributed by atoms with E-state index < -0.39 is 0 Å². The standard InChI is InChI=1S/C23H31N3O/c1-23(18-24)13-15-25(19-23)17-22(27)26(16-21-10-6-3-7-11-21)14-12-20-8-4-2-5-9-20/h2-11H,12-19,24H2,1H3. The molecule has 2 aromatic carbocycles. The van der Waals surface area contributed by atoms with Gasteiger partial charge >= 0.3 is 0 Å². The van der Waals surface area contributed by atoms with Crippen molar-refractivity contribution < 1.29 is 4.79 Å². The lowest BCUT2D eigenvalue weighted by Crippen LogP contribution is -2.41. The van der Waals surface area contributed by atoms with E-state index in [2.05, 4.69) is 48.2 Å². The van der Waals surface area contributed by atoms with E-state index in [1.165, 1.54) is 11.1 Å². The summed E-state index contributed by atoms with van der Waals surface area (Å²) in [6.45, 7) is 6.64. The Labute approximate surface area is 163 Å². The molecule has 1 heterocycles. The van der Waals surface area contributed by atoms with Crippen LogP contribution >= 0.6 is 0 Å². The molecule has 1 amide bonds. The Bertz CT molecular complexity index is 719. The third-order valence-electron chi connectivity index (χ3n) is 5.57. The predicted molar refractivity (Wildman–Crippen MR) is 110 cm³/mol. The molecule has 27 heavy (non-hydrogen) atoms. The molecule has 0 aliphatic carbocycles. The molecule has 0 aromatic heterocycles. The van der Waals surface area contributed by atoms with Crippen LogP contribution in [-0.2, 0) is 17.8 Å². The van der Waals surface area contributed by atoms with Gasteiger partial charge in [0, 0.05) is 19.6 Å². The zero-order chi connectivity index (χ0) is 19.1. The summed E-state index contributed by atoms with van der Waals surface area (Å²) in [6.07, 6.45) is 1.94. The molecule has 0 radical (unpaired) electrons. The molecule has 1 aliphatic heterocycles. The van der Waals surface area contributed by atoms with Crippen molar-refractivity contribution >= 4 is 5.91 Å². The van der Waals surface area contributed by atoms with E-state index in [1.807, 2.05) is 29.2 Å². The number of likely N-dealkylation sites (tertiary alicyclic amines) is 1. The number of carbonyl (C=O) groups excluding carboxylic acids is 1. The summed E-state index contributed by atoms with van der Waals surface area (Å²) in [5.74, 6) is 0.205. The summed E-state index contributed by atoms with van der Waals surface area (Å²) >= 11 is 0. The Kier molecular flexibility index (Phi) is 6.64. The molecule has 0 bridgehead atoms. The molecule has 0 spiro atoms. The first kappa shape index (κ1) is 19.6. The third-order valence-corrected chi connectivity index (χ3v) is 5.57.